The van der Waals surface area contributed by atoms with E-state index in [-0.39, 0.29) is 11.8 Å². The maximum Gasteiger partial charge on any atom is 0.235 e. The largest absolute Gasteiger partial charge is 0.490 e. The molecule has 6 heteroatoms. The number of H-pyrrole nitrogens is 1. The molecule has 2 N–H and O–H groups in total. The molecule has 1 spiro atoms. The van der Waals surface area contributed by atoms with E-state index >= 15 is 0 Å². The van der Waals surface area contributed by atoms with Gasteiger partial charge in [0.1, 0.15) is 11.9 Å². The van der Waals surface area contributed by atoms with Gasteiger partial charge in [0.05, 0.1) is 16.6 Å². The van der Waals surface area contributed by atoms with Crippen LogP contribution in [0.25, 0.3) is 23.1 Å². The molecular formula is C31H30N4O2. The average molecular weight is 491 g/mol. The Morgan fingerprint density at radius 3 is 2.68 bits per heavy atom. The van der Waals surface area contributed by atoms with Crippen LogP contribution in [0.2, 0.25) is 0 Å². The van der Waals surface area contributed by atoms with Gasteiger partial charge < -0.3 is 15.0 Å². The molecule has 3 aliphatic rings. The Kier molecular flexibility index (Phi) is 5.18. The van der Waals surface area contributed by atoms with E-state index in [1.165, 1.54) is 5.56 Å². The van der Waals surface area contributed by atoms with Crippen molar-refractivity contribution < 1.29 is 9.53 Å². The average Bonchev–Trinajstić information content (AvgIpc) is 3.46. The molecular weight excluding hydrogens is 460 g/mol. The molecule has 4 aromatic rings. The van der Waals surface area contributed by atoms with Crippen molar-refractivity contribution in [3.05, 3.63) is 89.1 Å². The van der Waals surface area contributed by atoms with Crippen molar-refractivity contribution in [3.63, 3.8) is 0 Å². The quantitative estimate of drug-likeness (QED) is 0.383. The van der Waals surface area contributed by atoms with Gasteiger partial charge in [-0.15, -0.1) is 0 Å². The summed E-state index contributed by atoms with van der Waals surface area (Å²) in [6.07, 6.45) is 7.44. The zero-order valence-electron chi connectivity index (χ0n) is 20.9. The normalized spacial score (nSPS) is 23.6. The molecule has 1 aromatic heterocycles. The Bertz CT molecular complexity index is 1510. The molecule has 1 saturated carbocycles. The number of hydrogen-bond donors (Lipinski definition) is 2. The first kappa shape index (κ1) is 22.3. The van der Waals surface area contributed by atoms with Gasteiger partial charge in [0.15, 0.2) is 0 Å². The van der Waals surface area contributed by atoms with E-state index in [0.717, 1.165) is 71.5 Å². The van der Waals surface area contributed by atoms with Crippen molar-refractivity contribution in [1.82, 2.24) is 15.1 Å². The number of ether oxygens (including phenoxy) is 1. The van der Waals surface area contributed by atoms with Crippen LogP contribution in [0.15, 0.2) is 66.7 Å². The van der Waals surface area contributed by atoms with Crippen LogP contribution in [0.1, 0.15) is 47.6 Å². The summed E-state index contributed by atoms with van der Waals surface area (Å²) in [6.45, 7) is 2.19. The third kappa shape index (κ3) is 3.83. The SMILES string of the molecule is CN1CCC(Oc2ccc(/C=C/c3n[nH]c4cc([C@@H]5C[C@@]56C(=O)Nc5ccccc56)ccc34)cc2)CC1. The molecule has 3 heterocycles. The minimum absolute atomic E-state index is 0.120. The van der Waals surface area contributed by atoms with E-state index in [1.54, 1.807) is 0 Å². The molecule has 0 radical (unpaired) electrons. The van der Waals surface area contributed by atoms with E-state index in [9.17, 15) is 4.79 Å². The highest BCUT2D eigenvalue weighted by molar-refractivity contribution is 6.09. The number of nitrogens with zero attached hydrogens (tertiary/aromatic N) is 2. The van der Waals surface area contributed by atoms with Crippen LogP contribution in [0.4, 0.5) is 5.69 Å². The molecule has 186 valence electrons. The van der Waals surface area contributed by atoms with Gasteiger partial charge in [0.25, 0.3) is 0 Å². The lowest BCUT2D eigenvalue weighted by Gasteiger charge is -2.29. The lowest BCUT2D eigenvalue weighted by Crippen LogP contribution is -2.35. The van der Waals surface area contributed by atoms with Gasteiger partial charge in [-0.2, -0.15) is 5.10 Å². The number of carbonyl (C=O) groups is 1. The molecule has 37 heavy (non-hydrogen) atoms. The van der Waals surface area contributed by atoms with Crippen molar-refractivity contribution in [2.24, 2.45) is 0 Å². The highest BCUT2D eigenvalue weighted by atomic mass is 16.5. The first-order valence-electron chi connectivity index (χ1n) is 13.1. The molecule has 7 rings (SSSR count). The number of aromatic nitrogens is 2. The van der Waals surface area contributed by atoms with Crippen molar-refractivity contribution >= 4 is 34.6 Å². The van der Waals surface area contributed by atoms with Crippen molar-refractivity contribution in [2.45, 2.75) is 36.7 Å². The molecule has 2 atom stereocenters. The topological polar surface area (TPSA) is 70.2 Å². The molecule has 0 unspecified atom stereocenters. The number of piperidine rings is 1. The summed E-state index contributed by atoms with van der Waals surface area (Å²) < 4.78 is 6.17. The summed E-state index contributed by atoms with van der Waals surface area (Å²) >= 11 is 0. The summed E-state index contributed by atoms with van der Waals surface area (Å²) in [4.78, 5) is 15.2. The standard InChI is InChI=1S/C31H30N4O2/c1-35-16-14-23(15-17-35)37-22-10-6-20(7-11-22)8-13-27-24-12-9-21(18-29(24)34-33-27)26-19-31(26)25-4-2-3-5-28(25)32-30(31)36/h2-13,18,23,26H,14-17,19H2,1H3,(H,32,36)(H,33,34)/b13-8+/t26-,31-/m0/s1. The molecule has 0 bridgehead atoms. The number of likely N-dealkylation sites (tertiary alicyclic amines) is 1. The number of carbonyl (C=O) groups excluding carboxylic acids is 1. The monoisotopic (exact) mass is 490 g/mol. The van der Waals surface area contributed by atoms with E-state index in [0.29, 0.717) is 6.10 Å². The summed E-state index contributed by atoms with van der Waals surface area (Å²) in [7, 11) is 2.16. The van der Waals surface area contributed by atoms with Gasteiger partial charge in [0.2, 0.25) is 5.91 Å². The number of anilines is 1. The molecule has 1 saturated heterocycles. The van der Waals surface area contributed by atoms with Crippen LogP contribution < -0.4 is 10.1 Å². The van der Waals surface area contributed by atoms with Crippen LogP contribution in [0, 0.1) is 0 Å². The maximum atomic E-state index is 12.9. The smallest absolute Gasteiger partial charge is 0.235 e. The molecule has 3 aromatic carbocycles. The van der Waals surface area contributed by atoms with Crippen LogP contribution >= 0.6 is 0 Å². The minimum atomic E-state index is -0.420. The number of rotatable bonds is 5. The van der Waals surface area contributed by atoms with Crippen LogP contribution in [-0.2, 0) is 10.2 Å². The second-order valence-electron chi connectivity index (χ2n) is 10.7. The van der Waals surface area contributed by atoms with Crippen molar-refractivity contribution in [2.75, 3.05) is 25.5 Å². The number of aromatic amines is 1. The minimum Gasteiger partial charge on any atom is -0.490 e. The van der Waals surface area contributed by atoms with Gasteiger partial charge in [-0.1, -0.05) is 48.5 Å². The van der Waals surface area contributed by atoms with Crippen molar-refractivity contribution in [1.29, 1.82) is 0 Å². The van der Waals surface area contributed by atoms with Crippen LogP contribution in [0.3, 0.4) is 0 Å². The Labute approximate surface area is 216 Å². The van der Waals surface area contributed by atoms with Gasteiger partial charge in [0, 0.05) is 30.1 Å². The fourth-order valence-electron chi connectivity index (χ4n) is 6.08. The summed E-state index contributed by atoms with van der Waals surface area (Å²) in [6, 6.07) is 22.8. The molecule has 2 fully saturated rings. The Balaban J connectivity index is 1.06. The molecule has 6 nitrogen and oxygen atoms in total. The predicted molar refractivity (Wildman–Crippen MR) is 147 cm³/mol. The highest BCUT2D eigenvalue weighted by Crippen LogP contribution is 2.64. The fourth-order valence-corrected chi connectivity index (χ4v) is 6.08. The summed E-state index contributed by atoms with van der Waals surface area (Å²) in [5.41, 5.74) is 5.84. The highest BCUT2D eigenvalue weighted by Gasteiger charge is 2.65. The Morgan fingerprint density at radius 1 is 1.03 bits per heavy atom. The summed E-state index contributed by atoms with van der Waals surface area (Å²) in [5.74, 6) is 1.24. The number of fused-ring (bicyclic) bond motifs is 3. The number of amides is 1. The lowest BCUT2D eigenvalue weighted by atomic mass is 9.92. The van der Waals surface area contributed by atoms with Crippen LogP contribution in [-0.4, -0.2) is 47.2 Å². The van der Waals surface area contributed by atoms with Crippen molar-refractivity contribution in [3.8, 4) is 5.75 Å². The van der Waals surface area contributed by atoms with E-state index in [1.807, 2.05) is 24.3 Å². The first-order valence-corrected chi connectivity index (χ1v) is 13.1. The molecule has 1 amide bonds. The first-order chi connectivity index (χ1) is 18.1. The maximum absolute atomic E-state index is 12.9. The second kappa shape index (κ2) is 8.60. The number of hydrogen-bond acceptors (Lipinski definition) is 4. The van der Waals surface area contributed by atoms with E-state index in [4.69, 9.17) is 4.74 Å². The number of nitrogens with one attached hydrogen (secondary N) is 2. The number of para-hydroxylation sites is 1. The number of benzene rings is 3. The third-order valence-electron chi connectivity index (χ3n) is 8.32. The zero-order chi connectivity index (χ0) is 25.0. The predicted octanol–water partition coefficient (Wildman–Crippen LogP) is 5.58. The fraction of sp³-hybridized carbons (Fsp3) is 0.290. The Hall–Kier alpha value is -3.90. The third-order valence-corrected chi connectivity index (χ3v) is 8.32. The molecule has 2 aliphatic heterocycles. The molecule has 1 aliphatic carbocycles. The van der Waals surface area contributed by atoms with Gasteiger partial charge in [-0.3, -0.25) is 9.89 Å². The van der Waals surface area contributed by atoms with E-state index < -0.39 is 5.41 Å². The van der Waals surface area contributed by atoms with Gasteiger partial charge in [-0.05, 0) is 73.3 Å². The van der Waals surface area contributed by atoms with E-state index in [2.05, 4.69) is 82.1 Å². The summed E-state index contributed by atoms with van der Waals surface area (Å²) in [5, 5.41) is 11.9. The Morgan fingerprint density at radius 2 is 1.84 bits per heavy atom. The van der Waals surface area contributed by atoms with Crippen LogP contribution in [0.5, 0.6) is 5.75 Å². The second-order valence-corrected chi connectivity index (χ2v) is 10.7. The zero-order valence-corrected chi connectivity index (χ0v) is 20.9. The lowest BCUT2D eigenvalue weighted by molar-refractivity contribution is -0.118. The van der Waals surface area contributed by atoms with Gasteiger partial charge in [-0.25, -0.2) is 0 Å². The van der Waals surface area contributed by atoms with Gasteiger partial charge >= 0.3 is 0 Å².